The Labute approximate surface area is 264 Å². The van der Waals surface area contributed by atoms with Gasteiger partial charge in [0.05, 0.1) is 11.3 Å². The first-order valence-electron chi connectivity index (χ1n) is 15.7. The molecule has 242 valence electrons. The number of aryl methyl sites for hydroxylation is 2. The number of halogens is 3. The minimum atomic E-state index is -1.44. The van der Waals surface area contributed by atoms with Gasteiger partial charge in [-0.1, -0.05) is 38.1 Å². The molecule has 2 aliphatic heterocycles. The maximum Gasteiger partial charge on any atom is 0.337 e. The number of carboxylic acid groups (broad SMARTS) is 1. The van der Waals surface area contributed by atoms with Crippen LogP contribution in [0.1, 0.15) is 87.2 Å². The highest BCUT2D eigenvalue weighted by Gasteiger charge is 2.36. The number of nitrogens with zero attached hydrogens (tertiary/aromatic N) is 3. The Morgan fingerprint density at radius 3 is 2.33 bits per heavy atom. The zero-order chi connectivity index (χ0) is 32.8. The number of carbonyl (C=O) groups is 1. The maximum atomic E-state index is 14.4. The zero-order valence-corrected chi connectivity index (χ0v) is 27.4. The lowest BCUT2D eigenvalue weighted by Crippen LogP contribution is -2.39. The number of aromatic nitrogens is 1. The number of piperidine rings is 1. The van der Waals surface area contributed by atoms with Crippen LogP contribution in [0.2, 0.25) is 0 Å². The normalized spacial score (nSPS) is 17.7. The van der Waals surface area contributed by atoms with E-state index in [0.29, 0.717) is 30.8 Å². The number of ether oxygens (including phenoxy) is 1. The van der Waals surface area contributed by atoms with Gasteiger partial charge in [-0.05, 0) is 82.1 Å². The second-order valence-corrected chi connectivity index (χ2v) is 14.3. The van der Waals surface area contributed by atoms with Crippen molar-refractivity contribution in [1.29, 1.82) is 0 Å². The minimum absolute atomic E-state index is 0.127. The van der Waals surface area contributed by atoms with Crippen LogP contribution in [-0.2, 0) is 29.0 Å². The number of pyridine rings is 1. The second kappa shape index (κ2) is 12.4. The van der Waals surface area contributed by atoms with E-state index in [0.717, 1.165) is 65.6 Å². The molecule has 1 aromatic heterocycles. The molecule has 1 N–H and O–H groups in total. The van der Waals surface area contributed by atoms with Crippen molar-refractivity contribution in [3.63, 3.8) is 0 Å². The molecule has 2 aromatic carbocycles. The molecule has 9 heteroatoms. The smallest absolute Gasteiger partial charge is 0.337 e. The highest BCUT2D eigenvalue weighted by atomic mass is 19.2. The van der Waals surface area contributed by atoms with Crippen LogP contribution in [0.5, 0.6) is 0 Å². The van der Waals surface area contributed by atoms with Crippen LogP contribution in [-0.4, -0.2) is 46.2 Å². The predicted molar refractivity (Wildman–Crippen MR) is 170 cm³/mol. The molecule has 1 fully saturated rings. The Balaban J connectivity index is 1.56. The summed E-state index contributed by atoms with van der Waals surface area (Å²) in [5.41, 5.74) is 6.65. The van der Waals surface area contributed by atoms with Crippen LogP contribution in [0.25, 0.3) is 11.1 Å². The topological polar surface area (TPSA) is 65.9 Å². The average Bonchev–Trinajstić information content (AvgIpc) is 2.95. The van der Waals surface area contributed by atoms with Crippen molar-refractivity contribution >= 4 is 11.7 Å². The van der Waals surface area contributed by atoms with Gasteiger partial charge in [0.15, 0.2) is 23.6 Å². The Morgan fingerprint density at radius 1 is 1.00 bits per heavy atom. The van der Waals surface area contributed by atoms with E-state index in [1.807, 2.05) is 45.6 Å². The van der Waals surface area contributed by atoms with Gasteiger partial charge in [0, 0.05) is 60.8 Å². The quantitative estimate of drug-likeness (QED) is 0.270. The second-order valence-electron chi connectivity index (χ2n) is 14.3. The van der Waals surface area contributed by atoms with Crippen LogP contribution in [0.3, 0.4) is 0 Å². The first-order chi connectivity index (χ1) is 21.0. The molecular formula is C36H44F3N3O3. The van der Waals surface area contributed by atoms with Gasteiger partial charge in [-0.25, -0.2) is 18.0 Å². The van der Waals surface area contributed by atoms with Crippen LogP contribution < -0.4 is 4.90 Å². The Hall–Kier alpha value is -3.43. The molecule has 1 saturated heterocycles. The number of hydrogen-bond donors (Lipinski definition) is 1. The van der Waals surface area contributed by atoms with E-state index in [4.69, 9.17) is 9.72 Å². The number of hydrogen-bond acceptors (Lipinski definition) is 5. The van der Waals surface area contributed by atoms with Crippen LogP contribution in [0.4, 0.5) is 18.9 Å². The molecule has 0 aliphatic carbocycles. The molecule has 0 spiro atoms. The number of benzene rings is 2. The number of anilines is 1. The lowest BCUT2D eigenvalue weighted by molar-refractivity contribution is -0.160. The van der Waals surface area contributed by atoms with Gasteiger partial charge in [-0.3, -0.25) is 9.88 Å². The summed E-state index contributed by atoms with van der Waals surface area (Å²) in [4.78, 5) is 22.0. The van der Waals surface area contributed by atoms with E-state index < -0.39 is 35.1 Å². The fourth-order valence-corrected chi connectivity index (χ4v) is 6.59. The van der Waals surface area contributed by atoms with Gasteiger partial charge in [0.1, 0.15) is 0 Å². The van der Waals surface area contributed by atoms with Gasteiger partial charge in [-0.2, -0.15) is 0 Å². The minimum Gasteiger partial charge on any atom is -0.479 e. The van der Waals surface area contributed by atoms with Crippen LogP contribution in [0.15, 0.2) is 30.3 Å². The molecule has 3 heterocycles. The van der Waals surface area contributed by atoms with Gasteiger partial charge >= 0.3 is 5.97 Å². The summed E-state index contributed by atoms with van der Waals surface area (Å²) in [6, 6.07) is 8.52. The maximum absolute atomic E-state index is 14.4. The van der Waals surface area contributed by atoms with Gasteiger partial charge < -0.3 is 14.7 Å². The highest BCUT2D eigenvalue weighted by Crippen LogP contribution is 2.45. The molecule has 45 heavy (non-hydrogen) atoms. The third kappa shape index (κ3) is 7.04. The van der Waals surface area contributed by atoms with Gasteiger partial charge in [0.2, 0.25) is 0 Å². The molecule has 3 aromatic rings. The summed E-state index contributed by atoms with van der Waals surface area (Å²) >= 11 is 0. The lowest BCUT2D eigenvalue weighted by atomic mass is 9.81. The van der Waals surface area contributed by atoms with E-state index in [9.17, 15) is 23.1 Å². The van der Waals surface area contributed by atoms with Crippen molar-refractivity contribution in [2.45, 2.75) is 92.5 Å². The molecule has 2 aliphatic rings. The Bertz CT molecular complexity index is 1610. The van der Waals surface area contributed by atoms with Crippen molar-refractivity contribution in [2.75, 3.05) is 24.5 Å². The highest BCUT2D eigenvalue weighted by molar-refractivity contribution is 5.88. The number of aliphatic carboxylic acids is 1. The summed E-state index contributed by atoms with van der Waals surface area (Å²) in [7, 11) is 0. The van der Waals surface area contributed by atoms with E-state index in [1.54, 1.807) is 0 Å². The Morgan fingerprint density at radius 2 is 1.69 bits per heavy atom. The zero-order valence-electron chi connectivity index (χ0n) is 27.4. The molecule has 0 saturated carbocycles. The lowest BCUT2D eigenvalue weighted by Gasteiger charge is -2.41. The van der Waals surface area contributed by atoms with Crippen molar-refractivity contribution in [2.24, 2.45) is 5.41 Å². The molecule has 1 atom stereocenters. The fraction of sp³-hybridized carbons (Fsp3) is 0.500. The van der Waals surface area contributed by atoms with Crippen molar-refractivity contribution in [3.8, 4) is 11.1 Å². The van der Waals surface area contributed by atoms with Gasteiger partial charge in [0.25, 0.3) is 0 Å². The fourth-order valence-electron chi connectivity index (χ4n) is 6.59. The number of carboxylic acids is 1. The number of fused-ring (bicyclic) bond motifs is 1. The molecule has 0 amide bonds. The summed E-state index contributed by atoms with van der Waals surface area (Å²) in [5, 5.41) is 10.4. The first-order valence-corrected chi connectivity index (χ1v) is 15.7. The molecule has 0 bridgehead atoms. The van der Waals surface area contributed by atoms with Crippen LogP contribution >= 0.6 is 0 Å². The van der Waals surface area contributed by atoms with Crippen LogP contribution in [0, 0.1) is 36.7 Å². The molecule has 0 radical (unpaired) electrons. The average molecular weight is 624 g/mol. The summed E-state index contributed by atoms with van der Waals surface area (Å²) in [6.45, 7) is 16.9. The van der Waals surface area contributed by atoms with Crippen molar-refractivity contribution in [1.82, 2.24) is 9.88 Å². The van der Waals surface area contributed by atoms with E-state index in [1.165, 1.54) is 6.07 Å². The molecule has 6 nitrogen and oxygen atoms in total. The number of rotatable bonds is 7. The third-order valence-corrected chi connectivity index (χ3v) is 9.07. The Kier molecular flexibility index (Phi) is 9.08. The third-order valence-electron chi connectivity index (χ3n) is 9.07. The summed E-state index contributed by atoms with van der Waals surface area (Å²) in [6.07, 6.45) is 1.45. The van der Waals surface area contributed by atoms with Crippen molar-refractivity contribution < 1.29 is 27.8 Å². The molecule has 1 unspecified atom stereocenters. The standard InChI is InChI=1S/C36H44F3N3O3/c1-21-28(24-8-9-25-19-41(15-12-23(25)18-24)20-26-10-11-27(37)31(39)30(26)38)32(42-16-13-36(6,7)14-17-42)29(22(2)40-21)33(34(43)44)45-35(3,4)5/h8-11,18,33H,12-17,19-20H2,1-7H3,(H,43,44). The predicted octanol–water partition coefficient (Wildman–Crippen LogP) is 7.91. The SMILES string of the molecule is Cc1nc(C)c(C(OC(C)(C)C)C(=O)O)c(N2CCC(C)(C)CC2)c1-c1ccc2c(c1)CCN(Cc1ccc(F)c(F)c1F)C2. The summed E-state index contributed by atoms with van der Waals surface area (Å²) < 4.78 is 47.9. The summed E-state index contributed by atoms with van der Waals surface area (Å²) in [5.74, 6) is -4.82. The van der Waals surface area contributed by atoms with Crippen molar-refractivity contribution in [3.05, 3.63) is 81.4 Å². The largest absolute Gasteiger partial charge is 0.479 e. The van der Waals surface area contributed by atoms with Gasteiger partial charge in [-0.15, -0.1) is 0 Å². The molecule has 5 rings (SSSR count). The van der Waals surface area contributed by atoms with E-state index >= 15 is 0 Å². The molecular weight excluding hydrogens is 579 g/mol. The van der Waals surface area contributed by atoms with E-state index in [-0.39, 0.29) is 17.5 Å². The first kappa shape index (κ1) is 32.9. The monoisotopic (exact) mass is 623 g/mol. The van der Waals surface area contributed by atoms with E-state index in [2.05, 4.69) is 30.9 Å².